The van der Waals surface area contributed by atoms with Crippen molar-refractivity contribution in [2.45, 2.75) is 13.8 Å². The van der Waals surface area contributed by atoms with Crippen molar-refractivity contribution in [3.05, 3.63) is 23.8 Å². The molecule has 0 spiro atoms. The fraction of sp³-hybridized carbons (Fsp3) is 0.250. The Morgan fingerprint density at radius 2 is 2.27 bits per heavy atom. The van der Waals surface area contributed by atoms with Crippen LogP contribution in [0.4, 0.5) is 0 Å². The van der Waals surface area contributed by atoms with E-state index in [1.165, 1.54) is 0 Å². The van der Waals surface area contributed by atoms with E-state index >= 15 is 0 Å². The van der Waals surface area contributed by atoms with Crippen molar-refractivity contribution < 1.29 is 1.43 Å². The van der Waals surface area contributed by atoms with Crippen molar-refractivity contribution in [1.82, 2.24) is 15.0 Å². The van der Waals surface area contributed by atoms with Crippen molar-refractivity contribution >= 4 is 11.0 Å². The highest BCUT2D eigenvalue weighted by molar-refractivity contribution is 5.75. The van der Waals surface area contributed by atoms with Gasteiger partial charge < -0.3 is 4.98 Å². The quantitative estimate of drug-likeness (QED) is 0.620. The highest BCUT2D eigenvalue weighted by Gasteiger charge is 1.97. The van der Waals surface area contributed by atoms with Crippen LogP contribution in [0.2, 0.25) is 0 Å². The fourth-order valence-corrected chi connectivity index (χ4v) is 1.14. The van der Waals surface area contributed by atoms with Gasteiger partial charge >= 0.3 is 0 Å². The minimum Gasteiger partial charge on any atom is -0.343 e. The van der Waals surface area contributed by atoms with Gasteiger partial charge in [0.25, 0.3) is 0 Å². The molecule has 0 aliphatic heterocycles. The molecule has 0 atom stereocenters. The average Bonchev–Trinajstić information content (AvgIpc) is 2.27. The van der Waals surface area contributed by atoms with Gasteiger partial charge in [-0.2, -0.15) is 0 Å². The van der Waals surface area contributed by atoms with Crippen LogP contribution in [0.25, 0.3) is 11.0 Å². The van der Waals surface area contributed by atoms with Crippen molar-refractivity contribution in [3.8, 4) is 0 Å². The summed E-state index contributed by atoms with van der Waals surface area (Å²) in [6.45, 7) is 3.90. The second kappa shape index (κ2) is 2.05. The Hall–Kier alpha value is -1.38. The predicted octanol–water partition coefficient (Wildman–Crippen LogP) is 1.82. The minimum atomic E-state index is 0. The molecule has 58 valence electrons. The number of fused-ring (bicyclic) bond motifs is 1. The summed E-state index contributed by atoms with van der Waals surface area (Å²) < 4.78 is 0. The molecule has 0 unspecified atom stereocenters. The normalized spacial score (nSPS) is 10.7. The van der Waals surface area contributed by atoms with Gasteiger partial charge in [-0.3, -0.25) is 0 Å². The third-order valence-corrected chi connectivity index (χ3v) is 1.63. The molecule has 2 heterocycles. The monoisotopic (exact) mass is 149 g/mol. The first-order chi connectivity index (χ1) is 5.25. The van der Waals surface area contributed by atoms with Gasteiger partial charge in [0.15, 0.2) is 0 Å². The van der Waals surface area contributed by atoms with Gasteiger partial charge in [-0.15, -0.1) is 0 Å². The second-order valence-corrected chi connectivity index (χ2v) is 2.67. The summed E-state index contributed by atoms with van der Waals surface area (Å²) in [6, 6.07) is 2.04. The van der Waals surface area contributed by atoms with E-state index in [1.54, 1.807) is 0 Å². The first-order valence-corrected chi connectivity index (χ1v) is 3.55. The molecule has 2 rings (SSSR count). The molecule has 11 heavy (non-hydrogen) atoms. The van der Waals surface area contributed by atoms with E-state index in [1.807, 2.05) is 26.1 Å². The van der Waals surface area contributed by atoms with Crippen LogP contribution < -0.4 is 0 Å². The Morgan fingerprint density at radius 1 is 1.45 bits per heavy atom. The smallest absolute Gasteiger partial charge is 0.141 e. The molecule has 0 bridgehead atoms. The highest BCUT2D eigenvalue weighted by atomic mass is 14.9. The Balaban J connectivity index is 0.000000720. The zero-order valence-electron chi connectivity index (χ0n) is 6.55. The summed E-state index contributed by atoms with van der Waals surface area (Å²) in [6.07, 6.45) is 1.83. The number of aryl methyl sites for hydroxylation is 2. The lowest BCUT2D eigenvalue weighted by Gasteiger charge is -1.89. The number of nitrogens with zero attached hydrogens (tertiary/aromatic N) is 2. The molecule has 0 saturated carbocycles. The summed E-state index contributed by atoms with van der Waals surface area (Å²) in [7, 11) is 0. The van der Waals surface area contributed by atoms with Crippen LogP contribution in [-0.2, 0) is 0 Å². The molecular weight excluding hydrogens is 138 g/mol. The lowest BCUT2D eigenvalue weighted by molar-refractivity contribution is 1.08. The average molecular weight is 149 g/mol. The standard InChI is InChI=1S/C8H9N3.H2/c1-5-3-7-4-9-6(2)11-8(7)10-5;/h3-4H,1-2H3,(H,9,10,11);1H. The molecule has 3 heteroatoms. The Bertz CT molecular complexity index is 394. The molecule has 3 nitrogen and oxygen atoms in total. The van der Waals surface area contributed by atoms with Crippen LogP contribution in [-0.4, -0.2) is 15.0 Å². The molecule has 2 aromatic heterocycles. The van der Waals surface area contributed by atoms with Crippen LogP contribution >= 0.6 is 0 Å². The number of rotatable bonds is 0. The first-order valence-electron chi connectivity index (χ1n) is 3.55. The molecule has 0 aromatic carbocycles. The van der Waals surface area contributed by atoms with E-state index in [2.05, 4.69) is 15.0 Å². The maximum atomic E-state index is 4.23. The number of aromatic nitrogens is 3. The zero-order valence-corrected chi connectivity index (χ0v) is 6.55. The van der Waals surface area contributed by atoms with Crippen LogP contribution in [0.15, 0.2) is 12.3 Å². The Kier molecular flexibility index (Phi) is 1.18. The van der Waals surface area contributed by atoms with E-state index < -0.39 is 0 Å². The molecule has 0 radical (unpaired) electrons. The van der Waals surface area contributed by atoms with Crippen molar-refractivity contribution in [1.29, 1.82) is 0 Å². The molecule has 0 aliphatic carbocycles. The highest BCUT2D eigenvalue weighted by Crippen LogP contribution is 2.10. The number of hydrogen-bond acceptors (Lipinski definition) is 2. The summed E-state index contributed by atoms with van der Waals surface area (Å²) in [4.78, 5) is 11.5. The molecule has 2 aromatic rings. The molecule has 0 fully saturated rings. The maximum absolute atomic E-state index is 4.23. The van der Waals surface area contributed by atoms with Gasteiger partial charge in [0.05, 0.1) is 0 Å². The second-order valence-electron chi connectivity index (χ2n) is 2.67. The minimum absolute atomic E-state index is 0. The van der Waals surface area contributed by atoms with Gasteiger partial charge in [-0.05, 0) is 19.9 Å². The largest absolute Gasteiger partial charge is 0.343 e. The van der Waals surface area contributed by atoms with Gasteiger partial charge in [-0.25, -0.2) is 9.97 Å². The molecule has 0 aliphatic rings. The summed E-state index contributed by atoms with van der Waals surface area (Å²) in [5.41, 5.74) is 2.05. The van der Waals surface area contributed by atoms with Crippen molar-refractivity contribution in [3.63, 3.8) is 0 Å². The number of H-pyrrole nitrogens is 1. The van der Waals surface area contributed by atoms with Crippen LogP contribution in [0.5, 0.6) is 0 Å². The molecule has 1 N–H and O–H groups in total. The number of nitrogens with one attached hydrogen (secondary N) is 1. The maximum Gasteiger partial charge on any atom is 0.141 e. The van der Waals surface area contributed by atoms with Crippen LogP contribution in [0, 0.1) is 13.8 Å². The van der Waals surface area contributed by atoms with Gasteiger partial charge in [-0.1, -0.05) is 0 Å². The van der Waals surface area contributed by atoms with Crippen molar-refractivity contribution in [2.24, 2.45) is 0 Å². The summed E-state index contributed by atoms with van der Waals surface area (Å²) >= 11 is 0. The lowest BCUT2D eigenvalue weighted by Crippen LogP contribution is -1.85. The van der Waals surface area contributed by atoms with E-state index in [0.29, 0.717) is 0 Å². The van der Waals surface area contributed by atoms with Crippen LogP contribution in [0.3, 0.4) is 0 Å². The lowest BCUT2D eigenvalue weighted by atomic mass is 10.4. The third-order valence-electron chi connectivity index (χ3n) is 1.63. The fourth-order valence-electron chi connectivity index (χ4n) is 1.14. The topological polar surface area (TPSA) is 41.6 Å². The van der Waals surface area contributed by atoms with Gasteiger partial charge in [0, 0.05) is 18.7 Å². The Labute approximate surface area is 66.0 Å². The molecule has 0 saturated heterocycles. The first kappa shape index (κ1) is 6.34. The van der Waals surface area contributed by atoms with Crippen molar-refractivity contribution in [2.75, 3.05) is 0 Å². The van der Waals surface area contributed by atoms with E-state index in [-0.39, 0.29) is 1.43 Å². The summed E-state index contributed by atoms with van der Waals surface area (Å²) in [5, 5.41) is 1.08. The number of aromatic amines is 1. The third kappa shape index (κ3) is 0.981. The van der Waals surface area contributed by atoms with Gasteiger partial charge in [0.1, 0.15) is 11.5 Å². The van der Waals surface area contributed by atoms with Crippen LogP contribution in [0.1, 0.15) is 12.9 Å². The predicted molar refractivity (Wildman–Crippen MR) is 45.5 cm³/mol. The Morgan fingerprint density at radius 3 is 3.09 bits per heavy atom. The SMILES string of the molecule is Cc1ncc2cc(C)[nH]c2n1.[HH]. The van der Waals surface area contributed by atoms with E-state index in [0.717, 1.165) is 22.6 Å². The molecule has 0 amide bonds. The zero-order chi connectivity index (χ0) is 7.84. The van der Waals surface area contributed by atoms with E-state index in [9.17, 15) is 0 Å². The number of hydrogen-bond donors (Lipinski definition) is 1. The molecular formula is C8H11N3. The van der Waals surface area contributed by atoms with E-state index in [4.69, 9.17) is 0 Å². The van der Waals surface area contributed by atoms with Gasteiger partial charge in [0.2, 0.25) is 0 Å². The summed E-state index contributed by atoms with van der Waals surface area (Å²) in [5.74, 6) is 0.805.